The molecule has 0 radical (unpaired) electrons. The van der Waals surface area contributed by atoms with Crippen LogP contribution in [0.15, 0.2) is 115 Å². The van der Waals surface area contributed by atoms with Gasteiger partial charge in [-0.25, -0.2) is 16.8 Å². The highest BCUT2D eigenvalue weighted by atomic mass is 32.2. The number of hydrogen-bond acceptors (Lipinski definition) is 5. The summed E-state index contributed by atoms with van der Waals surface area (Å²) >= 11 is 1.83. The Morgan fingerprint density at radius 3 is 1.78 bits per heavy atom. The van der Waals surface area contributed by atoms with Crippen LogP contribution in [-0.2, 0) is 19.7 Å². The van der Waals surface area contributed by atoms with Gasteiger partial charge in [-0.3, -0.25) is 0 Å². The maximum Gasteiger partial charge on any atom is 0.204 e. The quantitative estimate of drug-likeness (QED) is 0.335. The molecule has 4 bridgehead atoms. The van der Waals surface area contributed by atoms with E-state index in [0.717, 1.165) is 24.2 Å². The van der Waals surface area contributed by atoms with Crippen molar-refractivity contribution < 1.29 is 16.8 Å². The first-order valence-corrected chi connectivity index (χ1v) is 16.7. The predicted octanol–water partition coefficient (Wildman–Crippen LogP) is 6.37. The molecule has 3 saturated carbocycles. The standard InChI is InChI=1S/C30H28O4S3/c31-36(32,23-12-6-2-7-13-23)28-25-19-26(29(28)37(33,34)24-14-8-3-9-15-24)30(35-22-10-4-1-5-11-22)21-17-16-20(18-21)27(25)30/h1-15,20-21,25-27H,16-19H2. The summed E-state index contributed by atoms with van der Waals surface area (Å²) in [4.78, 5) is 1.84. The molecule has 7 heteroatoms. The number of sulfone groups is 2. The molecule has 4 aliphatic rings. The Balaban J connectivity index is 1.49. The van der Waals surface area contributed by atoms with Crippen LogP contribution in [0.2, 0.25) is 0 Å². The van der Waals surface area contributed by atoms with Gasteiger partial charge < -0.3 is 0 Å². The lowest BCUT2D eigenvalue weighted by Gasteiger charge is -2.47. The molecule has 4 aliphatic carbocycles. The largest absolute Gasteiger partial charge is 0.219 e. The number of thioether (sulfide) groups is 1. The fraction of sp³-hybridized carbons (Fsp3) is 0.333. The van der Waals surface area contributed by atoms with E-state index in [1.54, 1.807) is 60.7 Å². The first kappa shape index (κ1) is 23.7. The van der Waals surface area contributed by atoms with Crippen molar-refractivity contribution in [1.82, 2.24) is 0 Å². The molecular formula is C30H28O4S3. The lowest BCUT2D eigenvalue weighted by molar-refractivity contribution is 0.235. The second-order valence-corrected chi connectivity index (χ2v) is 16.0. The molecule has 0 spiro atoms. The Labute approximate surface area is 223 Å². The van der Waals surface area contributed by atoms with Crippen LogP contribution >= 0.6 is 11.8 Å². The molecule has 0 N–H and O–H groups in total. The van der Waals surface area contributed by atoms with Crippen molar-refractivity contribution in [2.24, 2.45) is 29.6 Å². The molecular weight excluding hydrogens is 521 g/mol. The van der Waals surface area contributed by atoms with Crippen LogP contribution in [-0.4, -0.2) is 21.6 Å². The normalized spacial score (nSPS) is 32.2. The van der Waals surface area contributed by atoms with Crippen LogP contribution in [0.3, 0.4) is 0 Å². The van der Waals surface area contributed by atoms with Gasteiger partial charge in [-0.2, -0.15) is 0 Å². The van der Waals surface area contributed by atoms with Gasteiger partial charge in [-0.15, -0.1) is 11.8 Å². The highest BCUT2D eigenvalue weighted by molar-refractivity contribution is 8.01. The summed E-state index contributed by atoms with van der Waals surface area (Å²) in [5.74, 6) is 0.421. The zero-order valence-electron chi connectivity index (χ0n) is 20.2. The zero-order chi connectivity index (χ0) is 25.4. The molecule has 4 nitrogen and oxygen atoms in total. The highest BCUT2D eigenvalue weighted by Crippen LogP contribution is 2.77. The van der Waals surface area contributed by atoms with Gasteiger partial charge >= 0.3 is 0 Å². The van der Waals surface area contributed by atoms with Crippen molar-refractivity contribution in [2.45, 2.75) is 45.1 Å². The van der Waals surface area contributed by atoms with Gasteiger partial charge in [-0.1, -0.05) is 54.6 Å². The fourth-order valence-electron chi connectivity index (χ4n) is 8.09. The number of hydrogen-bond donors (Lipinski definition) is 0. The summed E-state index contributed by atoms with van der Waals surface area (Å²) in [6, 6.07) is 27.0. The van der Waals surface area contributed by atoms with Crippen LogP contribution in [0.5, 0.6) is 0 Å². The molecule has 0 aromatic heterocycles. The van der Waals surface area contributed by atoms with Gasteiger partial charge in [0.2, 0.25) is 19.7 Å². The van der Waals surface area contributed by atoms with Gasteiger partial charge in [0.25, 0.3) is 0 Å². The Hall–Kier alpha value is -2.35. The van der Waals surface area contributed by atoms with Gasteiger partial charge in [0.1, 0.15) is 0 Å². The van der Waals surface area contributed by atoms with Crippen molar-refractivity contribution in [2.75, 3.05) is 0 Å². The molecule has 6 atom stereocenters. The summed E-state index contributed by atoms with van der Waals surface area (Å²) in [6.07, 6.45) is 3.86. The third-order valence-corrected chi connectivity index (χ3v) is 15.1. The average molecular weight is 549 g/mol. The summed E-state index contributed by atoms with van der Waals surface area (Å²) in [5, 5.41) is 0. The van der Waals surface area contributed by atoms with Crippen molar-refractivity contribution in [1.29, 1.82) is 0 Å². The molecule has 3 fully saturated rings. The summed E-state index contributed by atoms with van der Waals surface area (Å²) < 4.78 is 56.9. The number of allylic oxidation sites excluding steroid dienone is 2. The number of rotatable bonds is 6. The minimum absolute atomic E-state index is 0.166. The summed E-state index contributed by atoms with van der Waals surface area (Å²) in [7, 11) is -7.98. The lowest BCUT2D eigenvalue weighted by Crippen LogP contribution is -2.47. The molecule has 6 unspecified atom stereocenters. The van der Waals surface area contributed by atoms with Crippen LogP contribution in [0.1, 0.15) is 25.7 Å². The highest BCUT2D eigenvalue weighted by Gasteiger charge is 2.74. The molecule has 37 heavy (non-hydrogen) atoms. The van der Waals surface area contributed by atoms with Crippen LogP contribution in [0, 0.1) is 29.6 Å². The molecule has 3 aromatic carbocycles. The smallest absolute Gasteiger partial charge is 0.204 e. The number of fused-ring (bicyclic) bond motifs is 9. The van der Waals surface area contributed by atoms with E-state index in [9.17, 15) is 16.8 Å². The first-order valence-electron chi connectivity index (χ1n) is 12.9. The van der Waals surface area contributed by atoms with E-state index in [-0.39, 0.29) is 42.1 Å². The molecule has 0 amide bonds. The third kappa shape index (κ3) is 3.26. The maximum atomic E-state index is 14.4. The zero-order valence-corrected chi connectivity index (χ0v) is 22.7. The van der Waals surface area contributed by atoms with Crippen LogP contribution < -0.4 is 0 Å². The van der Waals surface area contributed by atoms with E-state index < -0.39 is 19.7 Å². The molecule has 7 rings (SSSR count). The van der Waals surface area contributed by atoms with Gasteiger partial charge in [0.05, 0.1) is 19.6 Å². The summed E-state index contributed by atoms with van der Waals surface area (Å²) in [5.41, 5.74) is 0. The Morgan fingerprint density at radius 2 is 1.19 bits per heavy atom. The average Bonchev–Trinajstić information content (AvgIpc) is 3.69. The second-order valence-electron chi connectivity index (χ2n) is 10.8. The predicted molar refractivity (Wildman–Crippen MR) is 145 cm³/mol. The molecule has 190 valence electrons. The van der Waals surface area contributed by atoms with Crippen LogP contribution in [0.25, 0.3) is 0 Å². The maximum absolute atomic E-state index is 14.4. The Bertz CT molecular complexity index is 1600. The van der Waals surface area contributed by atoms with Crippen molar-refractivity contribution >= 4 is 31.4 Å². The van der Waals surface area contributed by atoms with Crippen molar-refractivity contribution in [3.8, 4) is 0 Å². The van der Waals surface area contributed by atoms with E-state index in [1.165, 1.54) is 0 Å². The Kier molecular flexibility index (Phi) is 5.34. The summed E-state index contributed by atoms with van der Waals surface area (Å²) in [6.45, 7) is 0. The van der Waals surface area contributed by atoms with E-state index in [4.69, 9.17) is 0 Å². The fourth-order valence-corrected chi connectivity index (χ4v) is 14.4. The first-order chi connectivity index (χ1) is 17.8. The topological polar surface area (TPSA) is 68.3 Å². The third-order valence-electron chi connectivity index (χ3n) is 9.23. The van der Waals surface area contributed by atoms with E-state index in [1.807, 2.05) is 30.0 Å². The van der Waals surface area contributed by atoms with E-state index in [0.29, 0.717) is 18.3 Å². The van der Waals surface area contributed by atoms with Crippen molar-refractivity contribution in [3.63, 3.8) is 0 Å². The SMILES string of the molecule is O=S(=O)(C1=C(S(=O)(=O)c2ccccc2)C2CC1C1C3CCC(C3)C21Sc1ccccc1)c1ccccc1. The van der Waals surface area contributed by atoms with E-state index >= 15 is 0 Å². The Morgan fingerprint density at radius 1 is 0.649 bits per heavy atom. The lowest BCUT2D eigenvalue weighted by atomic mass is 9.72. The molecule has 3 aromatic rings. The molecule has 0 heterocycles. The van der Waals surface area contributed by atoms with Crippen molar-refractivity contribution in [3.05, 3.63) is 101 Å². The number of benzene rings is 3. The second kappa shape index (κ2) is 8.32. The van der Waals surface area contributed by atoms with Gasteiger partial charge in [0.15, 0.2) is 0 Å². The van der Waals surface area contributed by atoms with Gasteiger partial charge in [-0.05, 0) is 79.8 Å². The van der Waals surface area contributed by atoms with Gasteiger partial charge in [0, 0.05) is 21.5 Å². The minimum Gasteiger partial charge on any atom is -0.219 e. The molecule has 0 saturated heterocycles. The molecule has 0 aliphatic heterocycles. The minimum atomic E-state index is -4.01. The van der Waals surface area contributed by atoms with E-state index in [2.05, 4.69) is 12.1 Å². The van der Waals surface area contributed by atoms with Crippen LogP contribution in [0.4, 0.5) is 0 Å². The monoisotopic (exact) mass is 548 g/mol.